The van der Waals surface area contributed by atoms with E-state index in [0.717, 1.165) is 30.4 Å². The molecule has 1 saturated carbocycles. The summed E-state index contributed by atoms with van der Waals surface area (Å²) in [5, 5.41) is 0. The lowest BCUT2D eigenvalue weighted by atomic mass is 9.78. The average Bonchev–Trinajstić information content (AvgIpc) is 3.07. The topological polar surface area (TPSA) is 63.4 Å². The summed E-state index contributed by atoms with van der Waals surface area (Å²) in [6.45, 7) is 0.906. The lowest BCUT2D eigenvalue weighted by Gasteiger charge is -2.31. The molecule has 4 nitrogen and oxygen atoms in total. The number of carbonyl (C=O) groups excluding carboxylic acids is 2. The molecule has 0 aromatic heterocycles. The minimum Gasteiger partial charge on any atom is -0.369 e. The highest BCUT2D eigenvalue weighted by atomic mass is 19.1. The summed E-state index contributed by atoms with van der Waals surface area (Å²) in [4.78, 5) is 26.9. The first-order valence-electron chi connectivity index (χ1n) is 9.92. The number of likely N-dealkylation sites (tertiary alicyclic amines) is 1. The van der Waals surface area contributed by atoms with Crippen LogP contribution in [0.5, 0.6) is 0 Å². The third-order valence-electron chi connectivity index (χ3n) is 6.35. The van der Waals surface area contributed by atoms with E-state index in [9.17, 15) is 14.0 Å². The summed E-state index contributed by atoms with van der Waals surface area (Å²) in [5.74, 6) is -0.429. The fourth-order valence-corrected chi connectivity index (χ4v) is 4.39. The first-order chi connectivity index (χ1) is 13.5. The molecular weight excluding hydrogens is 355 g/mol. The van der Waals surface area contributed by atoms with Crippen LogP contribution in [-0.4, -0.2) is 29.8 Å². The van der Waals surface area contributed by atoms with Gasteiger partial charge in [-0.1, -0.05) is 48.9 Å². The molecule has 5 heteroatoms. The van der Waals surface area contributed by atoms with Gasteiger partial charge in [0.25, 0.3) is 0 Å². The highest BCUT2D eigenvalue weighted by Crippen LogP contribution is 2.39. The maximum Gasteiger partial charge on any atom is 0.225 e. The van der Waals surface area contributed by atoms with Crippen molar-refractivity contribution in [3.8, 4) is 11.1 Å². The van der Waals surface area contributed by atoms with Gasteiger partial charge in [-0.2, -0.15) is 0 Å². The van der Waals surface area contributed by atoms with Crippen molar-refractivity contribution in [1.82, 2.24) is 4.90 Å². The third-order valence-corrected chi connectivity index (χ3v) is 6.35. The van der Waals surface area contributed by atoms with Crippen LogP contribution < -0.4 is 5.73 Å². The number of primary amides is 1. The molecule has 2 N–H and O–H groups in total. The molecule has 28 heavy (non-hydrogen) atoms. The van der Waals surface area contributed by atoms with Gasteiger partial charge in [-0.05, 0) is 42.9 Å². The Kier molecular flexibility index (Phi) is 4.92. The Morgan fingerprint density at radius 2 is 1.75 bits per heavy atom. The van der Waals surface area contributed by atoms with Crippen molar-refractivity contribution in [3.63, 3.8) is 0 Å². The molecule has 2 fully saturated rings. The van der Waals surface area contributed by atoms with Crippen LogP contribution in [0.3, 0.4) is 0 Å². The Hall–Kier alpha value is -2.69. The van der Waals surface area contributed by atoms with Gasteiger partial charge in [-0.3, -0.25) is 9.59 Å². The van der Waals surface area contributed by atoms with Crippen LogP contribution in [0.15, 0.2) is 48.5 Å². The first-order valence-corrected chi connectivity index (χ1v) is 9.92. The zero-order valence-corrected chi connectivity index (χ0v) is 15.9. The number of nitrogens with two attached hydrogens (primary N) is 1. The second-order valence-electron chi connectivity index (χ2n) is 8.10. The van der Waals surface area contributed by atoms with Gasteiger partial charge >= 0.3 is 0 Å². The van der Waals surface area contributed by atoms with Crippen LogP contribution in [0.2, 0.25) is 0 Å². The van der Waals surface area contributed by atoms with E-state index in [2.05, 4.69) is 0 Å². The van der Waals surface area contributed by atoms with E-state index in [1.54, 1.807) is 23.1 Å². The van der Waals surface area contributed by atoms with E-state index in [-0.39, 0.29) is 23.5 Å². The summed E-state index contributed by atoms with van der Waals surface area (Å²) < 4.78 is 14.4. The maximum atomic E-state index is 14.4. The fourth-order valence-electron chi connectivity index (χ4n) is 4.39. The maximum absolute atomic E-state index is 14.4. The first kappa shape index (κ1) is 18.7. The van der Waals surface area contributed by atoms with Crippen molar-refractivity contribution in [2.75, 3.05) is 13.1 Å². The Bertz CT molecular complexity index is 909. The second-order valence-corrected chi connectivity index (χ2v) is 8.10. The summed E-state index contributed by atoms with van der Waals surface area (Å²) >= 11 is 0. The van der Waals surface area contributed by atoms with Crippen LogP contribution in [0.1, 0.15) is 31.2 Å². The van der Waals surface area contributed by atoms with E-state index in [1.165, 1.54) is 6.07 Å². The lowest BCUT2D eigenvalue weighted by Crippen LogP contribution is -2.44. The van der Waals surface area contributed by atoms with Crippen molar-refractivity contribution in [2.45, 2.75) is 32.1 Å². The molecule has 1 atom stereocenters. The number of hydrogen-bond acceptors (Lipinski definition) is 2. The van der Waals surface area contributed by atoms with Gasteiger partial charge in [0.2, 0.25) is 11.8 Å². The van der Waals surface area contributed by atoms with Crippen LogP contribution in [0, 0.1) is 17.2 Å². The molecular formula is C23H25FN2O2. The van der Waals surface area contributed by atoms with E-state index < -0.39 is 5.41 Å². The van der Waals surface area contributed by atoms with Crippen LogP contribution >= 0.6 is 0 Å². The van der Waals surface area contributed by atoms with Crippen molar-refractivity contribution in [1.29, 1.82) is 0 Å². The Morgan fingerprint density at radius 1 is 1.07 bits per heavy atom. The molecule has 0 radical (unpaired) electrons. The third kappa shape index (κ3) is 3.30. The zero-order valence-electron chi connectivity index (χ0n) is 15.9. The van der Waals surface area contributed by atoms with Gasteiger partial charge in [0.05, 0.1) is 5.41 Å². The second kappa shape index (κ2) is 7.38. The zero-order chi connectivity index (χ0) is 19.7. The predicted octanol–water partition coefficient (Wildman–Crippen LogP) is 3.54. The molecule has 0 bridgehead atoms. The standard InChI is InChI=1S/C23H25FN2O2/c24-20-11-4-3-10-19(20)18-9-2-1-6-17(18)14-23(22(25)28)12-13-26(15-23)21(27)16-7-5-8-16/h1-4,6,9-11,16H,5,7-8,12-15H2,(H2,25,28)/t23-/m1/s1. The normalized spacial score (nSPS) is 22.1. The van der Waals surface area contributed by atoms with Gasteiger partial charge in [-0.25, -0.2) is 4.39 Å². The Morgan fingerprint density at radius 3 is 2.39 bits per heavy atom. The van der Waals surface area contributed by atoms with E-state index in [1.807, 2.05) is 24.3 Å². The number of carbonyl (C=O) groups is 2. The van der Waals surface area contributed by atoms with E-state index in [4.69, 9.17) is 5.73 Å². The lowest BCUT2D eigenvalue weighted by molar-refractivity contribution is -0.138. The minimum absolute atomic E-state index is 0.106. The van der Waals surface area contributed by atoms with Gasteiger partial charge in [-0.15, -0.1) is 0 Å². The number of halogens is 1. The number of amides is 2. The average molecular weight is 380 g/mol. The molecule has 1 aliphatic carbocycles. The molecule has 1 heterocycles. The molecule has 1 saturated heterocycles. The molecule has 146 valence electrons. The predicted molar refractivity (Wildman–Crippen MR) is 106 cm³/mol. The molecule has 0 unspecified atom stereocenters. The van der Waals surface area contributed by atoms with Crippen LogP contribution in [-0.2, 0) is 16.0 Å². The van der Waals surface area contributed by atoms with Gasteiger partial charge in [0.1, 0.15) is 5.82 Å². The fraction of sp³-hybridized carbons (Fsp3) is 0.391. The minimum atomic E-state index is -0.805. The van der Waals surface area contributed by atoms with Crippen molar-refractivity contribution < 1.29 is 14.0 Å². The quantitative estimate of drug-likeness (QED) is 0.862. The van der Waals surface area contributed by atoms with Gasteiger partial charge in [0.15, 0.2) is 0 Å². The Labute approximate surface area is 164 Å². The van der Waals surface area contributed by atoms with Crippen LogP contribution in [0.4, 0.5) is 4.39 Å². The van der Waals surface area contributed by atoms with Gasteiger partial charge < -0.3 is 10.6 Å². The van der Waals surface area contributed by atoms with E-state index >= 15 is 0 Å². The van der Waals surface area contributed by atoms with E-state index in [0.29, 0.717) is 31.5 Å². The highest BCUT2D eigenvalue weighted by Gasteiger charge is 2.46. The summed E-state index contributed by atoms with van der Waals surface area (Å²) in [6.07, 6.45) is 3.93. The Balaban J connectivity index is 1.63. The molecule has 2 aromatic rings. The largest absolute Gasteiger partial charge is 0.369 e. The number of benzene rings is 2. The summed E-state index contributed by atoms with van der Waals surface area (Å²) in [7, 11) is 0. The molecule has 0 spiro atoms. The smallest absolute Gasteiger partial charge is 0.225 e. The summed E-state index contributed by atoms with van der Waals surface area (Å²) in [6, 6.07) is 14.2. The monoisotopic (exact) mass is 380 g/mol. The number of hydrogen-bond donors (Lipinski definition) is 1. The van der Waals surface area contributed by atoms with Crippen molar-refractivity contribution in [3.05, 3.63) is 59.9 Å². The van der Waals surface area contributed by atoms with Crippen LogP contribution in [0.25, 0.3) is 11.1 Å². The SMILES string of the molecule is NC(=O)[C@@]1(Cc2ccccc2-c2ccccc2F)CCN(C(=O)C2CCC2)C1. The molecule has 2 aromatic carbocycles. The van der Waals surface area contributed by atoms with Crippen molar-refractivity contribution >= 4 is 11.8 Å². The highest BCUT2D eigenvalue weighted by molar-refractivity contribution is 5.86. The molecule has 2 aliphatic rings. The molecule has 2 amide bonds. The molecule has 1 aliphatic heterocycles. The van der Waals surface area contributed by atoms with Gasteiger partial charge in [0, 0.05) is 24.6 Å². The number of rotatable bonds is 5. The molecule has 4 rings (SSSR count). The number of nitrogens with zero attached hydrogens (tertiary/aromatic N) is 1. The van der Waals surface area contributed by atoms with Crippen molar-refractivity contribution in [2.24, 2.45) is 17.1 Å². The summed E-state index contributed by atoms with van der Waals surface area (Å²) in [5.41, 5.74) is 7.19.